The summed E-state index contributed by atoms with van der Waals surface area (Å²) in [7, 11) is 2.22. The molecule has 1 aliphatic heterocycles. The van der Waals surface area contributed by atoms with Crippen molar-refractivity contribution in [3.8, 4) is 5.75 Å². The van der Waals surface area contributed by atoms with Crippen LogP contribution < -0.4 is 15.4 Å². The number of piperidine rings is 1. The van der Waals surface area contributed by atoms with Crippen molar-refractivity contribution >= 4 is 29.9 Å². The summed E-state index contributed by atoms with van der Waals surface area (Å²) in [5, 5.41) is 6.90. The van der Waals surface area contributed by atoms with Crippen molar-refractivity contribution in [1.29, 1.82) is 0 Å². The topological polar surface area (TPSA) is 48.9 Å². The third kappa shape index (κ3) is 8.70. The van der Waals surface area contributed by atoms with E-state index in [-0.39, 0.29) is 24.0 Å². The summed E-state index contributed by atoms with van der Waals surface area (Å²) in [5.74, 6) is 3.50. The van der Waals surface area contributed by atoms with Gasteiger partial charge in [0.05, 0.1) is 13.2 Å². The maximum atomic E-state index is 6.09. The molecule has 1 aromatic carbocycles. The van der Waals surface area contributed by atoms with Crippen molar-refractivity contribution in [2.45, 2.75) is 52.5 Å². The molecule has 2 aliphatic rings. The summed E-state index contributed by atoms with van der Waals surface area (Å²) in [6, 6.07) is 6.45. The van der Waals surface area contributed by atoms with E-state index in [0.717, 1.165) is 43.2 Å². The second-order valence-corrected chi connectivity index (χ2v) is 8.52. The molecule has 2 fully saturated rings. The van der Waals surface area contributed by atoms with Gasteiger partial charge in [-0.25, -0.2) is 4.99 Å². The fraction of sp³-hybridized carbons (Fsp3) is 0.696. The zero-order valence-electron chi connectivity index (χ0n) is 18.4. The lowest BCUT2D eigenvalue weighted by Crippen LogP contribution is -2.39. The van der Waals surface area contributed by atoms with Crippen LogP contribution in [0.2, 0.25) is 0 Å². The number of ether oxygens (including phenoxy) is 1. The van der Waals surface area contributed by atoms with Gasteiger partial charge in [-0.15, -0.1) is 24.0 Å². The van der Waals surface area contributed by atoms with Gasteiger partial charge in [0.1, 0.15) is 5.75 Å². The first-order valence-electron chi connectivity index (χ1n) is 11.1. The highest BCUT2D eigenvalue weighted by atomic mass is 127. The van der Waals surface area contributed by atoms with Crippen molar-refractivity contribution < 1.29 is 4.74 Å². The van der Waals surface area contributed by atoms with Crippen molar-refractivity contribution in [1.82, 2.24) is 15.5 Å². The van der Waals surface area contributed by atoms with E-state index in [1.165, 1.54) is 56.3 Å². The lowest BCUT2D eigenvalue weighted by Gasteiger charge is -2.29. The zero-order valence-corrected chi connectivity index (χ0v) is 20.7. The van der Waals surface area contributed by atoms with Crippen LogP contribution >= 0.6 is 24.0 Å². The molecule has 29 heavy (non-hydrogen) atoms. The number of rotatable bonds is 9. The van der Waals surface area contributed by atoms with Gasteiger partial charge in [0.15, 0.2) is 5.96 Å². The van der Waals surface area contributed by atoms with Crippen LogP contribution in [0.15, 0.2) is 23.2 Å². The number of guanidine groups is 1. The van der Waals surface area contributed by atoms with Crippen LogP contribution in [-0.4, -0.2) is 50.7 Å². The molecule has 1 aromatic rings. The van der Waals surface area contributed by atoms with Crippen LogP contribution in [-0.2, 0) is 6.54 Å². The number of aliphatic imine (C=N–C) groups is 1. The summed E-state index contributed by atoms with van der Waals surface area (Å²) in [4.78, 5) is 7.25. The number of aryl methyl sites for hydroxylation is 1. The van der Waals surface area contributed by atoms with Gasteiger partial charge in [-0.3, -0.25) is 0 Å². The molecule has 0 aromatic heterocycles. The van der Waals surface area contributed by atoms with Crippen molar-refractivity contribution in [2.24, 2.45) is 16.8 Å². The lowest BCUT2D eigenvalue weighted by molar-refractivity contribution is 0.213. The predicted molar refractivity (Wildman–Crippen MR) is 132 cm³/mol. The van der Waals surface area contributed by atoms with Gasteiger partial charge in [0.2, 0.25) is 0 Å². The standard InChI is InChI=1S/C23H38N4O.HI/c1-4-24-23(25-12-9-19-10-13-27(3)14-11-19)26-16-21-8-5-18(2)15-22(21)28-17-20-6-7-20;/h5,8,15,19-20H,4,6-7,9-14,16-17H2,1-3H3,(H2,24,25,26);1H. The van der Waals surface area contributed by atoms with Gasteiger partial charge in [-0.2, -0.15) is 0 Å². The van der Waals surface area contributed by atoms with Gasteiger partial charge < -0.3 is 20.3 Å². The molecule has 0 spiro atoms. The molecule has 0 bridgehead atoms. The van der Waals surface area contributed by atoms with Crippen LogP contribution in [0.1, 0.15) is 50.2 Å². The quantitative estimate of drug-likeness (QED) is 0.295. The Morgan fingerprint density at radius 3 is 2.59 bits per heavy atom. The third-order valence-electron chi connectivity index (χ3n) is 5.83. The first kappa shape index (κ1) is 24.3. The summed E-state index contributed by atoms with van der Waals surface area (Å²) in [6.07, 6.45) is 6.47. The van der Waals surface area contributed by atoms with Crippen LogP contribution in [0.5, 0.6) is 5.75 Å². The molecule has 1 saturated carbocycles. The van der Waals surface area contributed by atoms with E-state index in [1.54, 1.807) is 0 Å². The Morgan fingerprint density at radius 2 is 1.90 bits per heavy atom. The van der Waals surface area contributed by atoms with Crippen LogP contribution in [0.25, 0.3) is 0 Å². The van der Waals surface area contributed by atoms with Crippen LogP contribution in [0.4, 0.5) is 0 Å². The molecule has 1 heterocycles. The van der Waals surface area contributed by atoms with Gasteiger partial charge in [-0.05, 0) is 89.6 Å². The average Bonchev–Trinajstić information content (AvgIpc) is 3.51. The van der Waals surface area contributed by atoms with Crippen LogP contribution in [0, 0.1) is 18.8 Å². The molecule has 0 radical (unpaired) electrons. The number of hydrogen-bond donors (Lipinski definition) is 2. The highest BCUT2D eigenvalue weighted by Gasteiger charge is 2.22. The maximum absolute atomic E-state index is 6.09. The SMILES string of the molecule is CCNC(=NCc1ccc(C)cc1OCC1CC1)NCCC1CCN(C)CC1.I. The molecule has 6 heteroatoms. The number of nitrogens with one attached hydrogen (secondary N) is 2. The Bertz CT molecular complexity index is 640. The molecular formula is C23H39IN4O. The minimum absolute atomic E-state index is 0. The first-order valence-corrected chi connectivity index (χ1v) is 11.1. The van der Waals surface area contributed by atoms with E-state index in [2.05, 4.69) is 54.6 Å². The Kier molecular flexibility index (Phi) is 10.6. The molecule has 2 N–H and O–H groups in total. The van der Waals surface area contributed by atoms with Crippen molar-refractivity contribution in [3.05, 3.63) is 29.3 Å². The summed E-state index contributed by atoms with van der Waals surface area (Å²) in [6.45, 7) is 10.0. The maximum Gasteiger partial charge on any atom is 0.191 e. The molecule has 0 unspecified atom stereocenters. The summed E-state index contributed by atoms with van der Waals surface area (Å²) in [5.41, 5.74) is 2.40. The molecule has 5 nitrogen and oxygen atoms in total. The highest BCUT2D eigenvalue weighted by Crippen LogP contribution is 2.31. The van der Waals surface area contributed by atoms with E-state index in [4.69, 9.17) is 9.73 Å². The van der Waals surface area contributed by atoms with Crippen molar-refractivity contribution in [3.63, 3.8) is 0 Å². The van der Waals surface area contributed by atoms with Gasteiger partial charge in [0.25, 0.3) is 0 Å². The largest absolute Gasteiger partial charge is 0.493 e. The molecule has 0 amide bonds. The van der Waals surface area contributed by atoms with Crippen molar-refractivity contribution in [2.75, 3.05) is 39.8 Å². The molecule has 0 atom stereocenters. The number of nitrogens with zero attached hydrogens (tertiary/aromatic N) is 2. The fourth-order valence-electron chi connectivity index (χ4n) is 3.67. The van der Waals surface area contributed by atoms with Gasteiger partial charge >= 0.3 is 0 Å². The molecule has 1 saturated heterocycles. The Balaban J connectivity index is 0.00000300. The minimum atomic E-state index is 0. The molecule has 164 valence electrons. The van der Waals surface area contributed by atoms with Gasteiger partial charge in [0, 0.05) is 18.7 Å². The Morgan fingerprint density at radius 1 is 1.14 bits per heavy atom. The smallest absolute Gasteiger partial charge is 0.191 e. The van der Waals surface area contributed by atoms with E-state index < -0.39 is 0 Å². The Labute approximate surface area is 194 Å². The molecule has 1 aliphatic carbocycles. The van der Waals surface area contributed by atoms with E-state index in [9.17, 15) is 0 Å². The summed E-state index contributed by atoms with van der Waals surface area (Å²) >= 11 is 0. The second kappa shape index (κ2) is 12.6. The van der Waals surface area contributed by atoms with E-state index >= 15 is 0 Å². The highest BCUT2D eigenvalue weighted by molar-refractivity contribution is 14.0. The van der Waals surface area contributed by atoms with E-state index in [0.29, 0.717) is 6.54 Å². The zero-order chi connectivity index (χ0) is 19.8. The lowest BCUT2D eigenvalue weighted by atomic mass is 9.94. The first-order chi connectivity index (χ1) is 13.6. The average molecular weight is 514 g/mol. The number of likely N-dealkylation sites (tertiary alicyclic amines) is 1. The third-order valence-corrected chi connectivity index (χ3v) is 5.83. The van der Waals surface area contributed by atoms with Crippen LogP contribution in [0.3, 0.4) is 0 Å². The monoisotopic (exact) mass is 514 g/mol. The summed E-state index contributed by atoms with van der Waals surface area (Å²) < 4.78 is 6.09. The number of hydrogen-bond acceptors (Lipinski definition) is 3. The second-order valence-electron chi connectivity index (χ2n) is 8.52. The van der Waals surface area contributed by atoms with Gasteiger partial charge in [-0.1, -0.05) is 12.1 Å². The number of halogens is 1. The predicted octanol–water partition coefficient (Wildman–Crippen LogP) is 4.19. The minimum Gasteiger partial charge on any atom is -0.493 e. The molecular weight excluding hydrogens is 475 g/mol. The Hall–Kier alpha value is -1.02. The number of benzene rings is 1. The molecule has 3 rings (SSSR count). The van der Waals surface area contributed by atoms with E-state index in [1.807, 2.05) is 0 Å². The fourth-order valence-corrected chi connectivity index (χ4v) is 3.67. The normalized spacial score (nSPS) is 18.2.